The van der Waals surface area contributed by atoms with Gasteiger partial charge in [-0.3, -0.25) is 0 Å². The first kappa shape index (κ1) is 26.0. The number of benzene rings is 4. The van der Waals surface area contributed by atoms with Gasteiger partial charge in [0.2, 0.25) is 0 Å². The largest absolute Gasteiger partial charge is 0.744 e. The van der Waals surface area contributed by atoms with Crippen molar-refractivity contribution in [3.05, 3.63) is 77.9 Å². The molecule has 0 aliphatic heterocycles. The van der Waals surface area contributed by atoms with Crippen LogP contribution >= 0.6 is 0 Å². The van der Waals surface area contributed by atoms with Crippen LogP contribution in [-0.4, -0.2) is 31.0 Å². The average Bonchev–Trinajstić information content (AvgIpc) is 2.82. The predicted molar refractivity (Wildman–Crippen MR) is 132 cm³/mol. The second-order valence-electron chi connectivity index (χ2n) is 8.01. The van der Waals surface area contributed by atoms with Crippen LogP contribution in [0.1, 0.15) is 11.1 Å². The molecule has 0 atom stereocenters. The summed E-state index contributed by atoms with van der Waals surface area (Å²) in [5.41, 5.74) is 2.14. The summed E-state index contributed by atoms with van der Waals surface area (Å²) in [6.07, 6.45) is 0. The molecule has 0 radical (unpaired) electrons. The fourth-order valence-electron chi connectivity index (χ4n) is 3.55. The van der Waals surface area contributed by atoms with Crippen molar-refractivity contribution in [2.75, 3.05) is 0 Å². The topological polar surface area (TPSA) is 184 Å². The highest BCUT2D eigenvalue weighted by Gasteiger charge is 2.15. The molecule has 13 heteroatoms. The summed E-state index contributed by atoms with van der Waals surface area (Å²) < 4.78 is 68.7. The Morgan fingerprint density at radius 2 is 1.35 bits per heavy atom. The second-order valence-corrected chi connectivity index (χ2v) is 10.7. The molecular weight excluding hydrogens is 520 g/mol. The van der Waals surface area contributed by atoms with Crippen LogP contribution in [0.4, 0.5) is 22.7 Å². The summed E-state index contributed by atoms with van der Waals surface area (Å²) >= 11 is 0. The molecule has 0 spiro atoms. The van der Waals surface area contributed by atoms with E-state index in [4.69, 9.17) is 0 Å². The van der Waals surface area contributed by atoms with Gasteiger partial charge in [-0.15, -0.1) is 5.11 Å². The van der Waals surface area contributed by atoms with Crippen molar-refractivity contribution in [2.45, 2.75) is 23.6 Å². The number of azo groups is 2. The summed E-state index contributed by atoms with van der Waals surface area (Å²) in [7, 11) is -9.41. The number of hydrogen-bond donors (Lipinski definition) is 1. The normalized spacial score (nSPS) is 12.6. The lowest BCUT2D eigenvalue weighted by Crippen LogP contribution is -1.99. The van der Waals surface area contributed by atoms with Crippen LogP contribution in [0.2, 0.25) is 0 Å². The lowest BCUT2D eigenvalue weighted by Gasteiger charge is -2.12. The minimum Gasteiger partial charge on any atom is -0.744 e. The van der Waals surface area contributed by atoms with Gasteiger partial charge in [-0.25, -0.2) is 16.8 Å². The summed E-state index contributed by atoms with van der Waals surface area (Å²) in [6, 6.07) is 15.5. The molecule has 0 bridgehead atoms. The number of rotatable bonds is 6. The molecule has 1 N–H and O–H groups in total. The fraction of sp³-hybridized carbons (Fsp3) is 0.0833. The summed E-state index contributed by atoms with van der Waals surface area (Å²) in [4.78, 5) is -0.870. The molecule has 11 nitrogen and oxygen atoms in total. The van der Waals surface area contributed by atoms with E-state index in [0.717, 1.165) is 12.1 Å². The fourth-order valence-corrected chi connectivity index (χ4v) is 4.82. The molecule has 190 valence electrons. The minimum atomic E-state index is -4.84. The molecule has 0 aliphatic carbocycles. The molecule has 4 aromatic carbocycles. The number of aromatic hydroxyl groups is 1. The first-order valence-corrected chi connectivity index (χ1v) is 13.4. The van der Waals surface area contributed by atoms with E-state index in [2.05, 4.69) is 20.5 Å². The van der Waals surface area contributed by atoms with Crippen molar-refractivity contribution in [3.8, 4) is 5.75 Å². The van der Waals surface area contributed by atoms with Crippen molar-refractivity contribution in [3.63, 3.8) is 0 Å². The lowest BCUT2D eigenvalue weighted by atomic mass is 10.1. The minimum absolute atomic E-state index is 0.0320. The average molecular weight is 539 g/mol. The van der Waals surface area contributed by atoms with Crippen LogP contribution in [-0.2, 0) is 20.2 Å². The molecule has 0 amide bonds. The van der Waals surface area contributed by atoms with Gasteiger partial charge in [0.1, 0.15) is 31.7 Å². The number of aryl methyl sites for hydroxylation is 2. The molecule has 0 saturated carbocycles. The van der Waals surface area contributed by atoms with Gasteiger partial charge in [0.15, 0.2) is 0 Å². The lowest BCUT2D eigenvalue weighted by molar-refractivity contribution is 0.461. The molecule has 0 aliphatic rings. The Balaban J connectivity index is 1.65. The monoisotopic (exact) mass is 538 g/mol. The van der Waals surface area contributed by atoms with Gasteiger partial charge < -0.3 is 14.2 Å². The maximum absolute atomic E-state index is 11.8. The third-order valence-corrected chi connectivity index (χ3v) is 7.11. The Kier molecular flexibility index (Phi) is 6.88. The number of nitrogens with zero attached hydrogens (tertiary/aromatic N) is 4. The maximum Gasteiger partial charge on any atom is 0.143 e. The number of phenolic OH excluding ortho intramolecular Hbond substituents is 1. The Morgan fingerprint density at radius 3 is 1.97 bits per heavy atom. The molecule has 37 heavy (non-hydrogen) atoms. The summed E-state index contributed by atoms with van der Waals surface area (Å²) in [5, 5.41) is 27.1. The Morgan fingerprint density at radius 1 is 0.703 bits per heavy atom. The molecule has 0 aromatic heterocycles. The molecule has 0 heterocycles. The van der Waals surface area contributed by atoms with Gasteiger partial charge in [-0.1, -0.05) is 18.2 Å². The number of fused-ring (bicyclic) bond motifs is 1. The van der Waals surface area contributed by atoms with Crippen LogP contribution in [0.15, 0.2) is 97.0 Å². The van der Waals surface area contributed by atoms with Gasteiger partial charge in [0.25, 0.3) is 0 Å². The molecule has 4 aromatic rings. The van der Waals surface area contributed by atoms with Crippen molar-refractivity contribution in [1.29, 1.82) is 0 Å². The molecule has 0 fully saturated rings. The molecule has 0 saturated heterocycles. The smallest absolute Gasteiger partial charge is 0.143 e. The van der Waals surface area contributed by atoms with Crippen LogP contribution in [0.5, 0.6) is 5.75 Å². The zero-order chi connectivity index (χ0) is 27.0. The highest BCUT2D eigenvalue weighted by atomic mass is 32.2. The Labute approximate surface area is 212 Å². The van der Waals surface area contributed by atoms with Gasteiger partial charge in [0.05, 0.1) is 26.9 Å². The van der Waals surface area contributed by atoms with E-state index < -0.39 is 25.1 Å². The van der Waals surface area contributed by atoms with Crippen LogP contribution in [0, 0.1) is 13.8 Å². The highest BCUT2D eigenvalue weighted by molar-refractivity contribution is 7.86. The zero-order valence-electron chi connectivity index (χ0n) is 19.4. The van der Waals surface area contributed by atoms with Crippen molar-refractivity contribution in [2.24, 2.45) is 20.5 Å². The molecule has 4 rings (SSSR count). The van der Waals surface area contributed by atoms with Crippen molar-refractivity contribution >= 4 is 53.8 Å². The van der Waals surface area contributed by atoms with Gasteiger partial charge in [-0.05, 0) is 78.9 Å². The molecule has 0 unspecified atom stereocenters. The standard InChI is InChI=1S/C24H20N4O7S2/c1-14-12-17(25-26-20-10-8-18(13-15(20)2)36(30,31)32)7-9-19(14)27-28-24-21(29)11-6-16-4-3-5-22(23(16)24)37(33,34)35/h3-13,29H,1-2H3,(H,30,31,32)(H,33,34,35)/p-2. The number of phenols is 1. The van der Waals surface area contributed by atoms with E-state index >= 15 is 0 Å². The SMILES string of the molecule is Cc1cc(S(=O)(=O)[O-])ccc1N=Nc1ccc(N=Nc2c(O)ccc3cccc(S(=O)(=O)[O-])c23)c(C)c1. The third-order valence-electron chi connectivity index (χ3n) is 5.40. The van der Waals surface area contributed by atoms with Crippen molar-refractivity contribution < 1.29 is 31.0 Å². The van der Waals surface area contributed by atoms with E-state index in [1.54, 1.807) is 38.1 Å². The first-order chi connectivity index (χ1) is 17.3. The Hall–Kier alpha value is -4.04. The van der Waals surface area contributed by atoms with Crippen LogP contribution < -0.4 is 0 Å². The van der Waals surface area contributed by atoms with E-state index in [-0.39, 0.29) is 21.7 Å². The highest BCUT2D eigenvalue weighted by Crippen LogP contribution is 2.40. The van der Waals surface area contributed by atoms with E-state index in [9.17, 15) is 31.0 Å². The first-order valence-electron chi connectivity index (χ1n) is 10.6. The quantitative estimate of drug-likeness (QED) is 0.237. The van der Waals surface area contributed by atoms with E-state index in [1.807, 2.05) is 0 Å². The molecular formula is C24H18N4O7S2-2. The van der Waals surface area contributed by atoms with E-state index in [0.29, 0.717) is 33.6 Å². The van der Waals surface area contributed by atoms with E-state index in [1.165, 1.54) is 30.3 Å². The Bertz CT molecular complexity index is 1820. The van der Waals surface area contributed by atoms with Crippen LogP contribution in [0.25, 0.3) is 10.8 Å². The zero-order valence-corrected chi connectivity index (χ0v) is 21.0. The summed E-state index contributed by atoms with van der Waals surface area (Å²) in [5.74, 6) is -0.346. The predicted octanol–water partition coefficient (Wildman–Crippen LogP) is 5.80. The number of hydrogen-bond acceptors (Lipinski definition) is 11. The summed E-state index contributed by atoms with van der Waals surface area (Å²) in [6.45, 7) is 3.33. The maximum atomic E-state index is 11.8. The van der Waals surface area contributed by atoms with Crippen molar-refractivity contribution in [1.82, 2.24) is 0 Å². The van der Waals surface area contributed by atoms with Gasteiger partial charge in [-0.2, -0.15) is 15.3 Å². The van der Waals surface area contributed by atoms with Gasteiger partial charge in [0, 0.05) is 5.39 Å². The van der Waals surface area contributed by atoms with Crippen LogP contribution in [0.3, 0.4) is 0 Å². The third kappa shape index (κ3) is 5.70. The second kappa shape index (κ2) is 9.78. The van der Waals surface area contributed by atoms with Gasteiger partial charge >= 0.3 is 0 Å².